The molecule has 3 N–H and O–H groups in total. The maximum absolute atomic E-state index is 12.0. The van der Waals surface area contributed by atoms with Gasteiger partial charge < -0.3 is 15.7 Å². The molecule has 5 rings (SSSR count). The number of benzene rings is 1. The molecular weight excluding hydrogens is 407 g/mol. The second kappa shape index (κ2) is 6.54. The Morgan fingerprint density at radius 1 is 1.17 bits per heavy atom. The number of carbonyl (C=O) groups is 1. The Kier molecular flexibility index (Phi) is 4.19. The molecule has 2 aliphatic heterocycles. The van der Waals surface area contributed by atoms with Crippen LogP contribution >= 0.6 is 23.2 Å². The van der Waals surface area contributed by atoms with E-state index in [0.29, 0.717) is 27.2 Å². The van der Waals surface area contributed by atoms with E-state index in [2.05, 4.69) is 11.8 Å². The molecule has 0 unspecified atom stereocenters. The first-order valence-corrected chi connectivity index (χ1v) is 10.5. The smallest absolute Gasteiger partial charge is 0.337 e. The number of fused-ring (bicyclic) bond motifs is 1. The third-order valence-corrected chi connectivity index (χ3v) is 6.56. The first-order valence-electron chi connectivity index (χ1n) is 9.72. The summed E-state index contributed by atoms with van der Waals surface area (Å²) in [6, 6.07) is 3.67. The summed E-state index contributed by atoms with van der Waals surface area (Å²) in [4.78, 5) is 14.1. The van der Waals surface area contributed by atoms with E-state index in [0.717, 1.165) is 59.4 Å². The van der Waals surface area contributed by atoms with E-state index in [1.807, 2.05) is 30.5 Å². The minimum absolute atomic E-state index is 0.377. The highest BCUT2D eigenvalue weighted by molar-refractivity contribution is 6.39. The number of aliphatic carboxylic acids is 1. The van der Waals surface area contributed by atoms with Gasteiger partial charge in [0.2, 0.25) is 0 Å². The Morgan fingerprint density at radius 2 is 1.83 bits per heavy atom. The SMILES string of the molecule is CC1=C(c2cc(Cl)c(N)c(Cl)c2)C=CN2C(=C3CC3)C(C(=O)O)=CC(C3CC3)=C12. The van der Waals surface area contributed by atoms with Crippen LogP contribution in [0.15, 0.2) is 64.2 Å². The molecule has 0 bridgehead atoms. The number of nitrogen functional groups attached to an aromatic ring is 1. The van der Waals surface area contributed by atoms with E-state index in [1.165, 1.54) is 5.57 Å². The zero-order valence-electron chi connectivity index (χ0n) is 15.9. The van der Waals surface area contributed by atoms with Crippen molar-refractivity contribution in [1.82, 2.24) is 4.90 Å². The first kappa shape index (κ1) is 18.6. The van der Waals surface area contributed by atoms with E-state index >= 15 is 0 Å². The summed E-state index contributed by atoms with van der Waals surface area (Å²) in [5.41, 5.74) is 13.9. The van der Waals surface area contributed by atoms with Crippen molar-refractivity contribution in [1.29, 1.82) is 0 Å². The molecule has 2 saturated carbocycles. The number of anilines is 1. The van der Waals surface area contributed by atoms with Crippen LogP contribution in [0.3, 0.4) is 0 Å². The van der Waals surface area contributed by atoms with Crippen LogP contribution in [0.5, 0.6) is 0 Å². The molecule has 0 amide bonds. The molecule has 4 nitrogen and oxygen atoms in total. The van der Waals surface area contributed by atoms with Crippen molar-refractivity contribution in [2.24, 2.45) is 5.92 Å². The monoisotopic (exact) mass is 426 g/mol. The van der Waals surface area contributed by atoms with Gasteiger partial charge in [0.05, 0.1) is 32.7 Å². The third-order valence-electron chi connectivity index (χ3n) is 5.93. The number of rotatable bonds is 3. The fourth-order valence-corrected chi connectivity index (χ4v) is 4.69. The predicted molar refractivity (Wildman–Crippen MR) is 116 cm³/mol. The summed E-state index contributed by atoms with van der Waals surface area (Å²) in [5.74, 6) is -0.455. The van der Waals surface area contributed by atoms with Crippen LogP contribution in [-0.4, -0.2) is 16.0 Å². The van der Waals surface area contributed by atoms with Gasteiger partial charge in [0.25, 0.3) is 0 Å². The summed E-state index contributed by atoms with van der Waals surface area (Å²) < 4.78 is 0. The van der Waals surface area contributed by atoms with Crippen molar-refractivity contribution in [2.75, 3.05) is 5.73 Å². The molecule has 4 aliphatic rings. The lowest BCUT2D eigenvalue weighted by Gasteiger charge is -2.36. The Bertz CT molecular complexity index is 1100. The number of halogens is 2. The number of hydrogen-bond acceptors (Lipinski definition) is 3. The maximum atomic E-state index is 12.0. The van der Waals surface area contributed by atoms with E-state index < -0.39 is 5.97 Å². The van der Waals surface area contributed by atoms with E-state index in [9.17, 15) is 9.90 Å². The molecule has 1 aromatic rings. The van der Waals surface area contributed by atoms with Crippen molar-refractivity contribution >= 4 is 40.4 Å². The molecule has 0 atom stereocenters. The second-order valence-corrected chi connectivity index (χ2v) is 8.79. The van der Waals surface area contributed by atoms with Crippen molar-refractivity contribution < 1.29 is 9.90 Å². The highest BCUT2D eigenvalue weighted by atomic mass is 35.5. The number of hydrogen-bond donors (Lipinski definition) is 2. The molecule has 6 heteroatoms. The van der Waals surface area contributed by atoms with Crippen molar-refractivity contribution in [3.05, 3.63) is 79.8 Å². The molecule has 2 aliphatic carbocycles. The minimum atomic E-state index is -0.866. The van der Waals surface area contributed by atoms with Gasteiger partial charge >= 0.3 is 5.97 Å². The minimum Gasteiger partial charge on any atom is -0.478 e. The number of nitrogens with two attached hydrogens (primary N) is 1. The van der Waals surface area contributed by atoms with Gasteiger partial charge in [-0.3, -0.25) is 0 Å². The van der Waals surface area contributed by atoms with E-state index in [4.69, 9.17) is 28.9 Å². The normalized spacial score (nSPS) is 20.9. The summed E-state index contributed by atoms with van der Waals surface area (Å²) in [7, 11) is 0. The number of allylic oxidation sites excluding steroid dienone is 6. The lowest BCUT2D eigenvalue weighted by Crippen LogP contribution is -2.29. The van der Waals surface area contributed by atoms with Gasteiger partial charge in [-0.25, -0.2) is 4.79 Å². The maximum Gasteiger partial charge on any atom is 0.337 e. The lowest BCUT2D eigenvalue weighted by molar-refractivity contribution is -0.132. The van der Waals surface area contributed by atoms with Crippen LogP contribution in [-0.2, 0) is 4.79 Å². The molecular formula is C23H20Cl2N2O2. The van der Waals surface area contributed by atoms with Crippen LogP contribution in [0.1, 0.15) is 38.2 Å². The van der Waals surface area contributed by atoms with Gasteiger partial charge in [-0.05, 0) is 90.7 Å². The summed E-state index contributed by atoms with van der Waals surface area (Å²) in [6.07, 6.45) is 9.98. The van der Waals surface area contributed by atoms with Crippen molar-refractivity contribution in [2.45, 2.75) is 32.6 Å². The van der Waals surface area contributed by atoms with Gasteiger partial charge in [0.15, 0.2) is 0 Å². The van der Waals surface area contributed by atoms with Gasteiger partial charge in [-0.2, -0.15) is 0 Å². The van der Waals surface area contributed by atoms with Crippen molar-refractivity contribution in [3.63, 3.8) is 0 Å². The zero-order valence-corrected chi connectivity index (χ0v) is 17.4. The molecule has 0 aromatic heterocycles. The Hall–Kier alpha value is -2.43. The standard InChI is InChI=1S/C23H20Cl2N2O2/c1-11-15(14-8-18(24)20(26)19(25)9-14)6-7-27-21(11)16(12-2-3-12)10-17(23(28)29)22(27)13-4-5-13/h6-10,12H,2-5,26H2,1H3,(H,28,29). The van der Waals surface area contributed by atoms with Crippen LogP contribution in [0.4, 0.5) is 5.69 Å². The van der Waals surface area contributed by atoms with Crippen LogP contribution in [0.25, 0.3) is 5.57 Å². The van der Waals surface area contributed by atoms with Crippen LogP contribution in [0.2, 0.25) is 10.0 Å². The topological polar surface area (TPSA) is 66.6 Å². The quantitative estimate of drug-likeness (QED) is 0.588. The molecule has 0 radical (unpaired) electrons. The van der Waals surface area contributed by atoms with Gasteiger partial charge in [0.1, 0.15) is 0 Å². The van der Waals surface area contributed by atoms with Crippen LogP contribution in [0, 0.1) is 5.92 Å². The highest BCUT2D eigenvalue weighted by Gasteiger charge is 2.39. The van der Waals surface area contributed by atoms with Gasteiger partial charge in [-0.1, -0.05) is 23.2 Å². The molecule has 0 spiro atoms. The summed E-state index contributed by atoms with van der Waals surface area (Å²) in [6.45, 7) is 2.08. The molecule has 148 valence electrons. The Labute approximate surface area is 179 Å². The molecule has 1 aromatic carbocycles. The highest BCUT2D eigenvalue weighted by Crippen LogP contribution is 2.50. The molecule has 0 saturated heterocycles. The summed E-state index contributed by atoms with van der Waals surface area (Å²) in [5, 5.41) is 10.7. The summed E-state index contributed by atoms with van der Waals surface area (Å²) >= 11 is 12.6. The average molecular weight is 427 g/mol. The van der Waals surface area contributed by atoms with E-state index in [-0.39, 0.29) is 0 Å². The first-order chi connectivity index (χ1) is 13.9. The fraction of sp³-hybridized carbons (Fsp3) is 0.261. The van der Waals surface area contributed by atoms with Crippen molar-refractivity contribution in [3.8, 4) is 0 Å². The number of nitrogens with zero attached hydrogens (tertiary/aromatic N) is 1. The number of carboxylic acids is 1. The van der Waals surface area contributed by atoms with Crippen LogP contribution < -0.4 is 5.73 Å². The largest absolute Gasteiger partial charge is 0.478 e. The average Bonchev–Trinajstić information content (AvgIpc) is 3.57. The zero-order chi connectivity index (χ0) is 20.4. The van der Waals surface area contributed by atoms with Gasteiger partial charge in [0, 0.05) is 6.20 Å². The Morgan fingerprint density at radius 3 is 2.38 bits per heavy atom. The molecule has 29 heavy (non-hydrogen) atoms. The lowest BCUT2D eigenvalue weighted by atomic mass is 9.87. The number of carboxylic acid groups (broad SMARTS) is 1. The van der Waals surface area contributed by atoms with Gasteiger partial charge in [-0.15, -0.1) is 0 Å². The molecule has 2 fully saturated rings. The van der Waals surface area contributed by atoms with E-state index in [1.54, 1.807) is 0 Å². The predicted octanol–water partition coefficient (Wildman–Crippen LogP) is 5.92. The third kappa shape index (κ3) is 3.02. The second-order valence-electron chi connectivity index (χ2n) is 7.97. The fourth-order valence-electron chi connectivity index (χ4n) is 4.20. The Balaban J connectivity index is 1.73. The molecule has 2 heterocycles.